The fraction of sp³-hybridized carbons (Fsp3) is 0.238. The van der Waals surface area contributed by atoms with Crippen molar-refractivity contribution in [1.82, 2.24) is 25.0 Å². The van der Waals surface area contributed by atoms with Gasteiger partial charge in [-0.15, -0.1) is 0 Å². The summed E-state index contributed by atoms with van der Waals surface area (Å²) in [6.07, 6.45) is 0. The van der Waals surface area contributed by atoms with Crippen molar-refractivity contribution in [3.8, 4) is 0 Å². The van der Waals surface area contributed by atoms with E-state index in [1.165, 1.54) is 4.90 Å². The fourth-order valence-corrected chi connectivity index (χ4v) is 3.31. The number of hydrogen-bond acceptors (Lipinski definition) is 5. The van der Waals surface area contributed by atoms with Gasteiger partial charge in [-0.05, 0) is 18.6 Å². The molecule has 0 aliphatic carbocycles. The van der Waals surface area contributed by atoms with Gasteiger partial charge >= 0.3 is 0 Å². The van der Waals surface area contributed by atoms with Gasteiger partial charge in [0.2, 0.25) is 5.91 Å². The minimum Gasteiger partial charge on any atom is -0.350 e. The van der Waals surface area contributed by atoms with E-state index in [2.05, 4.69) is 20.7 Å². The maximum absolute atomic E-state index is 12.7. The lowest BCUT2D eigenvalue weighted by Crippen LogP contribution is -2.37. The van der Waals surface area contributed by atoms with Crippen molar-refractivity contribution < 1.29 is 9.59 Å². The van der Waals surface area contributed by atoms with Crippen LogP contribution in [0.1, 0.15) is 27.3 Å². The molecule has 0 bridgehead atoms. The molecule has 4 rings (SSSR count). The van der Waals surface area contributed by atoms with Gasteiger partial charge in [-0.2, -0.15) is 5.10 Å². The zero-order chi connectivity index (χ0) is 20.4. The summed E-state index contributed by atoms with van der Waals surface area (Å²) in [5.41, 5.74) is 3.10. The number of carbonyl (C=O) groups excluding carboxylic acids is 2. The SMILES string of the molecule is Cc1cc(Nc2ccc3c(n2)C(=O)N(CC(=O)NCc2ccccc2)C3)n(C)n1. The van der Waals surface area contributed by atoms with E-state index < -0.39 is 0 Å². The molecule has 8 heteroatoms. The highest BCUT2D eigenvalue weighted by Crippen LogP contribution is 2.24. The predicted molar refractivity (Wildman–Crippen MR) is 108 cm³/mol. The molecule has 2 N–H and O–H groups in total. The molecule has 0 fully saturated rings. The summed E-state index contributed by atoms with van der Waals surface area (Å²) in [5, 5.41) is 10.3. The molecular formula is C21H22N6O2. The fourth-order valence-electron chi connectivity index (χ4n) is 3.31. The van der Waals surface area contributed by atoms with Gasteiger partial charge in [0.05, 0.1) is 5.69 Å². The van der Waals surface area contributed by atoms with Gasteiger partial charge in [-0.25, -0.2) is 4.98 Å². The van der Waals surface area contributed by atoms with Crippen molar-refractivity contribution in [3.63, 3.8) is 0 Å². The van der Waals surface area contributed by atoms with Crippen LogP contribution in [0.25, 0.3) is 0 Å². The van der Waals surface area contributed by atoms with Crippen LogP contribution in [0.4, 0.5) is 11.6 Å². The first-order valence-electron chi connectivity index (χ1n) is 9.37. The summed E-state index contributed by atoms with van der Waals surface area (Å²) in [5.74, 6) is 0.923. The molecule has 148 valence electrons. The first-order chi connectivity index (χ1) is 14.0. The Hall–Kier alpha value is -3.68. The second-order valence-corrected chi connectivity index (χ2v) is 7.05. The van der Waals surface area contributed by atoms with Crippen molar-refractivity contribution in [2.45, 2.75) is 20.0 Å². The number of benzene rings is 1. The van der Waals surface area contributed by atoms with Crippen molar-refractivity contribution in [2.24, 2.45) is 7.05 Å². The standard InChI is InChI=1S/C21H22N6O2/c1-14-10-18(26(2)25-14)23-17-9-8-16-12-27(21(29)20(16)24-17)13-19(28)22-11-15-6-4-3-5-7-15/h3-10H,11-13H2,1-2H3,(H,22,28)(H,23,24). The lowest BCUT2D eigenvalue weighted by atomic mass is 10.2. The van der Waals surface area contributed by atoms with E-state index in [-0.39, 0.29) is 18.4 Å². The zero-order valence-corrected chi connectivity index (χ0v) is 16.3. The lowest BCUT2D eigenvalue weighted by molar-refractivity contribution is -0.122. The quantitative estimate of drug-likeness (QED) is 0.673. The molecule has 2 amide bonds. The lowest BCUT2D eigenvalue weighted by Gasteiger charge is -2.14. The van der Waals surface area contributed by atoms with Gasteiger partial charge in [0.25, 0.3) is 5.91 Å². The number of nitrogens with zero attached hydrogens (tertiary/aromatic N) is 4. The first-order valence-corrected chi connectivity index (χ1v) is 9.37. The smallest absolute Gasteiger partial charge is 0.273 e. The highest BCUT2D eigenvalue weighted by molar-refractivity contribution is 5.99. The Labute approximate surface area is 168 Å². The Morgan fingerprint density at radius 2 is 1.97 bits per heavy atom. The van der Waals surface area contributed by atoms with Crippen molar-refractivity contribution in [3.05, 3.63) is 71.0 Å². The van der Waals surface area contributed by atoms with E-state index in [4.69, 9.17) is 0 Å². The van der Waals surface area contributed by atoms with E-state index in [1.807, 2.05) is 62.5 Å². The van der Waals surface area contributed by atoms with E-state index >= 15 is 0 Å². The Kier molecular flexibility index (Phi) is 4.99. The maximum Gasteiger partial charge on any atom is 0.273 e. The predicted octanol–water partition coefficient (Wildman–Crippen LogP) is 2.14. The normalized spacial score (nSPS) is 12.8. The van der Waals surface area contributed by atoms with Gasteiger partial charge < -0.3 is 15.5 Å². The summed E-state index contributed by atoms with van der Waals surface area (Å²) in [6.45, 7) is 2.73. The summed E-state index contributed by atoms with van der Waals surface area (Å²) in [7, 11) is 1.84. The van der Waals surface area contributed by atoms with Crippen molar-refractivity contribution >= 4 is 23.5 Å². The van der Waals surface area contributed by atoms with Crippen LogP contribution in [0.2, 0.25) is 0 Å². The number of pyridine rings is 1. The highest BCUT2D eigenvalue weighted by atomic mass is 16.2. The number of aryl methyl sites for hydroxylation is 2. The third-order valence-corrected chi connectivity index (χ3v) is 4.75. The molecule has 0 radical (unpaired) electrons. The first kappa shape index (κ1) is 18.7. The number of aromatic nitrogens is 3. The number of hydrogen-bond donors (Lipinski definition) is 2. The molecule has 3 aromatic rings. The van der Waals surface area contributed by atoms with Crippen LogP contribution in [0.3, 0.4) is 0 Å². The number of amides is 2. The van der Waals surface area contributed by atoms with Crippen LogP contribution >= 0.6 is 0 Å². The Bertz CT molecular complexity index is 1060. The Morgan fingerprint density at radius 3 is 2.69 bits per heavy atom. The van der Waals surface area contributed by atoms with Gasteiger partial charge in [0, 0.05) is 31.8 Å². The molecule has 1 aliphatic heterocycles. The number of rotatable bonds is 6. The Balaban J connectivity index is 1.39. The summed E-state index contributed by atoms with van der Waals surface area (Å²) < 4.78 is 1.72. The van der Waals surface area contributed by atoms with Crippen LogP contribution in [0, 0.1) is 6.92 Å². The van der Waals surface area contributed by atoms with Crippen molar-refractivity contribution in [1.29, 1.82) is 0 Å². The molecule has 8 nitrogen and oxygen atoms in total. The maximum atomic E-state index is 12.7. The number of fused-ring (bicyclic) bond motifs is 1. The number of nitrogens with one attached hydrogen (secondary N) is 2. The second kappa shape index (κ2) is 7.75. The molecule has 1 aromatic carbocycles. The third-order valence-electron chi connectivity index (χ3n) is 4.75. The van der Waals surface area contributed by atoms with Crippen molar-refractivity contribution in [2.75, 3.05) is 11.9 Å². The molecule has 0 atom stereocenters. The summed E-state index contributed by atoms with van der Waals surface area (Å²) in [4.78, 5) is 31.0. The van der Waals surface area contributed by atoms with Gasteiger partial charge in [-0.1, -0.05) is 36.4 Å². The average Bonchev–Trinajstić information content (AvgIpc) is 3.19. The van der Waals surface area contributed by atoms with Crippen LogP contribution < -0.4 is 10.6 Å². The van der Waals surface area contributed by atoms with E-state index in [0.29, 0.717) is 24.6 Å². The van der Waals surface area contributed by atoms with Crippen LogP contribution in [-0.4, -0.2) is 38.0 Å². The minimum absolute atomic E-state index is 0.00567. The molecule has 2 aromatic heterocycles. The average molecular weight is 390 g/mol. The molecule has 0 saturated carbocycles. The largest absolute Gasteiger partial charge is 0.350 e. The minimum atomic E-state index is -0.236. The van der Waals surface area contributed by atoms with E-state index in [1.54, 1.807) is 4.68 Å². The van der Waals surface area contributed by atoms with Crippen LogP contribution in [0.15, 0.2) is 48.5 Å². The topological polar surface area (TPSA) is 92.1 Å². The second-order valence-electron chi connectivity index (χ2n) is 7.05. The van der Waals surface area contributed by atoms with E-state index in [9.17, 15) is 9.59 Å². The van der Waals surface area contributed by atoms with E-state index in [0.717, 1.165) is 22.6 Å². The molecular weight excluding hydrogens is 368 g/mol. The number of carbonyl (C=O) groups is 2. The van der Waals surface area contributed by atoms with Gasteiger partial charge in [0.1, 0.15) is 23.9 Å². The molecule has 1 aliphatic rings. The Morgan fingerprint density at radius 1 is 1.17 bits per heavy atom. The van der Waals surface area contributed by atoms with Crippen LogP contribution in [0.5, 0.6) is 0 Å². The van der Waals surface area contributed by atoms with Gasteiger partial charge in [-0.3, -0.25) is 14.3 Å². The highest BCUT2D eigenvalue weighted by Gasteiger charge is 2.30. The molecule has 29 heavy (non-hydrogen) atoms. The summed E-state index contributed by atoms with van der Waals surface area (Å²) in [6, 6.07) is 15.3. The monoisotopic (exact) mass is 390 g/mol. The number of anilines is 2. The van der Waals surface area contributed by atoms with Crippen LogP contribution in [-0.2, 0) is 24.9 Å². The molecule has 3 heterocycles. The third kappa shape index (κ3) is 4.11. The molecule has 0 spiro atoms. The summed E-state index contributed by atoms with van der Waals surface area (Å²) >= 11 is 0. The van der Waals surface area contributed by atoms with Gasteiger partial charge in [0.15, 0.2) is 0 Å². The molecule has 0 saturated heterocycles. The zero-order valence-electron chi connectivity index (χ0n) is 16.3. The molecule has 0 unspecified atom stereocenters.